The van der Waals surface area contributed by atoms with Crippen molar-refractivity contribution in [1.82, 2.24) is 0 Å². The van der Waals surface area contributed by atoms with E-state index in [-0.39, 0.29) is 14.3 Å². The van der Waals surface area contributed by atoms with Crippen LogP contribution in [-0.2, 0) is 6.18 Å². The Kier molecular flexibility index (Phi) is 3.69. The first-order valence-electron chi connectivity index (χ1n) is 3.47. The first-order valence-corrected chi connectivity index (χ1v) is 4.93. The van der Waals surface area contributed by atoms with Crippen LogP contribution in [0, 0.1) is 3.57 Å². The third kappa shape index (κ3) is 2.90. The SMILES string of the molecule is [N-]=[N+]=Nc1c(Cl)cc(C(F)(F)F)cc1I. The number of hydrogen-bond donors (Lipinski definition) is 0. The Bertz CT molecular complexity index is 417. The highest BCUT2D eigenvalue weighted by Crippen LogP contribution is 2.38. The van der Waals surface area contributed by atoms with Crippen molar-refractivity contribution in [3.05, 3.63) is 36.7 Å². The molecule has 0 aliphatic carbocycles. The van der Waals surface area contributed by atoms with Crippen LogP contribution in [0.2, 0.25) is 5.02 Å². The van der Waals surface area contributed by atoms with E-state index in [2.05, 4.69) is 10.0 Å². The topological polar surface area (TPSA) is 48.8 Å². The Morgan fingerprint density at radius 1 is 1.40 bits per heavy atom. The van der Waals surface area contributed by atoms with Crippen LogP contribution in [0.3, 0.4) is 0 Å². The zero-order chi connectivity index (χ0) is 11.6. The largest absolute Gasteiger partial charge is 0.416 e. The van der Waals surface area contributed by atoms with E-state index in [9.17, 15) is 13.2 Å². The third-order valence-corrected chi connectivity index (χ3v) is 2.60. The fourth-order valence-corrected chi connectivity index (χ4v) is 2.02. The summed E-state index contributed by atoms with van der Waals surface area (Å²) in [7, 11) is 0. The van der Waals surface area contributed by atoms with Gasteiger partial charge in [0.05, 0.1) is 16.3 Å². The molecule has 0 saturated heterocycles. The van der Waals surface area contributed by atoms with Crippen LogP contribution in [0.4, 0.5) is 18.9 Å². The third-order valence-electron chi connectivity index (χ3n) is 1.49. The van der Waals surface area contributed by atoms with Crippen LogP contribution >= 0.6 is 34.2 Å². The van der Waals surface area contributed by atoms with Crippen molar-refractivity contribution in [1.29, 1.82) is 0 Å². The average molecular weight is 347 g/mol. The van der Waals surface area contributed by atoms with Gasteiger partial charge in [-0.1, -0.05) is 16.7 Å². The summed E-state index contributed by atoms with van der Waals surface area (Å²) in [4.78, 5) is 2.47. The number of hydrogen-bond acceptors (Lipinski definition) is 1. The summed E-state index contributed by atoms with van der Waals surface area (Å²) in [6, 6.07) is 1.60. The normalized spacial score (nSPS) is 11.0. The molecule has 0 N–H and O–H groups in total. The number of nitrogens with zero attached hydrogens (tertiary/aromatic N) is 3. The first kappa shape index (κ1) is 12.4. The van der Waals surface area contributed by atoms with Crippen molar-refractivity contribution in [2.45, 2.75) is 6.18 Å². The molecule has 0 bridgehead atoms. The van der Waals surface area contributed by atoms with Crippen molar-refractivity contribution in [2.75, 3.05) is 0 Å². The lowest BCUT2D eigenvalue weighted by Gasteiger charge is -2.09. The van der Waals surface area contributed by atoms with Gasteiger partial charge in [0.2, 0.25) is 0 Å². The lowest BCUT2D eigenvalue weighted by molar-refractivity contribution is -0.137. The second-order valence-corrected chi connectivity index (χ2v) is 4.05. The first-order chi connectivity index (χ1) is 6.86. The molecule has 0 amide bonds. The number of benzene rings is 1. The van der Waals surface area contributed by atoms with Gasteiger partial charge in [0.15, 0.2) is 0 Å². The van der Waals surface area contributed by atoms with Gasteiger partial charge in [-0.3, -0.25) is 0 Å². The minimum absolute atomic E-state index is 0.00719. The molecule has 1 rings (SSSR count). The Morgan fingerprint density at radius 3 is 2.40 bits per heavy atom. The highest BCUT2D eigenvalue weighted by molar-refractivity contribution is 14.1. The molecule has 0 atom stereocenters. The molecule has 0 spiro atoms. The Labute approximate surface area is 101 Å². The van der Waals surface area contributed by atoms with E-state index in [1.807, 2.05) is 0 Å². The van der Waals surface area contributed by atoms with E-state index in [4.69, 9.17) is 17.1 Å². The molecule has 3 nitrogen and oxygen atoms in total. The summed E-state index contributed by atoms with van der Waals surface area (Å²) in [5.41, 5.74) is 7.31. The predicted octanol–water partition coefficient (Wildman–Crippen LogP) is 4.91. The van der Waals surface area contributed by atoms with Crippen LogP contribution in [0.25, 0.3) is 10.4 Å². The van der Waals surface area contributed by atoms with Crippen molar-refractivity contribution < 1.29 is 13.2 Å². The standard InChI is InChI=1S/C7H2ClF3IN3/c8-4-1-3(7(9,10)11)2-5(12)6(4)14-15-13/h1-2H. The van der Waals surface area contributed by atoms with E-state index in [0.717, 1.165) is 12.1 Å². The molecule has 1 aromatic carbocycles. The maximum atomic E-state index is 12.3. The summed E-state index contributed by atoms with van der Waals surface area (Å²) in [6.07, 6.45) is -4.46. The van der Waals surface area contributed by atoms with Crippen molar-refractivity contribution in [3.8, 4) is 0 Å². The molecule has 15 heavy (non-hydrogen) atoms. The van der Waals surface area contributed by atoms with E-state index in [1.165, 1.54) is 0 Å². The fourth-order valence-electron chi connectivity index (χ4n) is 0.869. The van der Waals surface area contributed by atoms with Crippen LogP contribution in [0.15, 0.2) is 17.2 Å². The predicted molar refractivity (Wildman–Crippen MR) is 58.0 cm³/mol. The molecule has 0 aromatic heterocycles. The van der Waals surface area contributed by atoms with E-state index < -0.39 is 11.7 Å². The smallest absolute Gasteiger partial charge is 0.166 e. The van der Waals surface area contributed by atoms with Gasteiger partial charge in [-0.25, -0.2) is 0 Å². The summed E-state index contributed by atoms with van der Waals surface area (Å²) >= 11 is 7.18. The zero-order valence-electron chi connectivity index (χ0n) is 6.89. The van der Waals surface area contributed by atoms with E-state index >= 15 is 0 Å². The van der Waals surface area contributed by atoms with Crippen molar-refractivity contribution in [2.24, 2.45) is 5.11 Å². The van der Waals surface area contributed by atoms with Gasteiger partial charge in [-0.05, 0) is 40.3 Å². The molecule has 1 aromatic rings. The maximum absolute atomic E-state index is 12.3. The van der Waals surface area contributed by atoms with E-state index in [0.29, 0.717) is 0 Å². The zero-order valence-corrected chi connectivity index (χ0v) is 9.80. The molecule has 8 heteroatoms. The summed E-state index contributed by atoms with van der Waals surface area (Å²) < 4.78 is 37.1. The number of azide groups is 1. The van der Waals surface area contributed by atoms with Crippen molar-refractivity contribution in [3.63, 3.8) is 0 Å². The molecule has 0 radical (unpaired) electrons. The summed E-state index contributed by atoms with van der Waals surface area (Å²) in [5.74, 6) is 0. The fraction of sp³-hybridized carbons (Fsp3) is 0.143. The highest BCUT2D eigenvalue weighted by atomic mass is 127. The van der Waals surface area contributed by atoms with Crippen LogP contribution in [0.1, 0.15) is 5.56 Å². The molecule has 0 saturated carbocycles. The minimum atomic E-state index is -4.46. The Balaban J connectivity index is 3.38. The molecule has 80 valence electrons. The minimum Gasteiger partial charge on any atom is -0.166 e. The second kappa shape index (κ2) is 4.46. The van der Waals surface area contributed by atoms with Crippen LogP contribution in [0.5, 0.6) is 0 Å². The van der Waals surface area contributed by atoms with Gasteiger partial charge in [0, 0.05) is 8.48 Å². The molecule has 0 aliphatic heterocycles. The van der Waals surface area contributed by atoms with E-state index in [1.54, 1.807) is 22.6 Å². The quantitative estimate of drug-likeness (QED) is 0.300. The molecular weight excluding hydrogens is 345 g/mol. The molecular formula is C7H2ClF3IN3. The average Bonchev–Trinajstić information content (AvgIpc) is 2.09. The van der Waals surface area contributed by atoms with Gasteiger partial charge in [-0.2, -0.15) is 13.2 Å². The number of alkyl halides is 3. The van der Waals surface area contributed by atoms with Gasteiger partial charge in [-0.15, -0.1) is 0 Å². The highest BCUT2D eigenvalue weighted by Gasteiger charge is 2.31. The van der Waals surface area contributed by atoms with Gasteiger partial charge in [0.1, 0.15) is 0 Å². The van der Waals surface area contributed by atoms with Gasteiger partial charge >= 0.3 is 6.18 Å². The maximum Gasteiger partial charge on any atom is 0.416 e. The Hall–Kier alpha value is -0.660. The summed E-state index contributed by atoms with van der Waals surface area (Å²) in [6.45, 7) is 0. The monoisotopic (exact) mass is 347 g/mol. The van der Waals surface area contributed by atoms with Crippen LogP contribution in [-0.4, -0.2) is 0 Å². The molecule has 0 unspecified atom stereocenters. The van der Waals surface area contributed by atoms with Crippen LogP contribution < -0.4 is 0 Å². The Morgan fingerprint density at radius 2 is 2.00 bits per heavy atom. The number of halogens is 5. The summed E-state index contributed by atoms with van der Waals surface area (Å²) in [5, 5.41) is 2.99. The lowest BCUT2D eigenvalue weighted by Crippen LogP contribution is -2.05. The number of rotatable bonds is 1. The van der Waals surface area contributed by atoms with Gasteiger partial charge in [0.25, 0.3) is 0 Å². The molecule has 0 fully saturated rings. The lowest BCUT2D eigenvalue weighted by atomic mass is 10.2. The van der Waals surface area contributed by atoms with Gasteiger partial charge < -0.3 is 0 Å². The van der Waals surface area contributed by atoms with Crippen molar-refractivity contribution >= 4 is 39.9 Å². The second-order valence-electron chi connectivity index (χ2n) is 2.48. The molecule has 0 heterocycles. The molecule has 0 aliphatic rings.